The molecule has 0 fully saturated rings. The minimum atomic E-state index is -3.14. The fourth-order valence-electron chi connectivity index (χ4n) is 0.804. The van der Waals surface area contributed by atoms with E-state index in [1.807, 2.05) is 0 Å². The molecule has 0 radical (unpaired) electrons. The van der Waals surface area contributed by atoms with Gasteiger partial charge in [-0.15, -0.1) is 0 Å². The lowest BCUT2D eigenvalue weighted by Crippen LogP contribution is -2.06. The van der Waals surface area contributed by atoms with Gasteiger partial charge in [0.05, 0.1) is 5.56 Å². The van der Waals surface area contributed by atoms with Gasteiger partial charge in [0.25, 0.3) is 11.7 Å². The number of aromatic nitrogens is 1. The van der Waals surface area contributed by atoms with E-state index in [-0.39, 0.29) is 6.07 Å². The zero-order valence-electron chi connectivity index (χ0n) is 6.40. The van der Waals surface area contributed by atoms with E-state index in [1.54, 1.807) is 0 Å². The van der Waals surface area contributed by atoms with Crippen molar-refractivity contribution in [2.75, 3.05) is 0 Å². The van der Waals surface area contributed by atoms with Crippen molar-refractivity contribution < 1.29 is 22.4 Å². The van der Waals surface area contributed by atoms with E-state index in [4.69, 9.17) is 11.6 Å². The molecule has 14 heavy (non-hydrogen) atoms. The van der Waals surface area contributed by atoms with Gasteiger partial charge in [-0.3, -0.25) is 4.79 Å². The summed E-state index contributed by atoms with van der Waals surface area (Å²) < 4.78 is 49.2. The van der Waals surface area contributed by atoms with Gasteiger partial charge in [-0.25, -0.2) is 18.2 Å². The maximum absolute atomic E-state index is 12.5. The molecule has 0 spiro atoms. The first-order chi connectivity index (χ1) is 6.43. The van der Waals surface area contributed by atoms with Crippen LogP contribution in [0.25, 0.3) is 0 Å². The summed E-state index contributed by atoms with van der Waals surface area (Å²) in [6.45, 7) is 0. The highest BCUT2D eigenvalue weighted by atomic mass is 35.5. The van der Waals surface area contributed by atoms with Crippen molar-refractivity contribution in [3.63, 3.8) is 0 Å². The molecule has 0 aromatic carbocycles. The second-order valence-electron chi connectivity index (χ2n) is 2.27. The van der Waals surface area contributed by atoms with Crippen LogP contribution in [-0.4, -0.2) is 10.2 Å². The molecule has 0 saturated carbocycles. The SMILES string of the molecule is O=C(Cl)c1nc(F)c(F)cc1C(F)F. The fraction of sp³-hybridized carbons (Fsp3) is 0.143. The topological polar surface area (TPSA) is 30.0 Å². The number of hydrogen-bond donors (Lipinski definition) is 0. The Morgan fingerprint density at radius 3 is 2.43 bits per heavy atom. The third kappa shape index (κ3) is 2.01. The molecule has 0 aliphatic heterocycles. The van der Waals surface area contributed by atoms with Gasteiger partial charge in [0.2, 0.25) is 5.95 Å². The van der Waals surface area contributed by atoms with Crippen LogP contribution in [0, 0.1) is 11.8 Å². The molecule has 0 unspecified atom stereocenters. The Morgan fingerprint density at radius 2 is 2.00 bits per heavy atom. The molecule has 0 N–H and O–H groups in total. The van der Waals surface area contributed by atoms with Gasteiger partial charge in [-0.05, 0) is 17.7 Å². The highest BCUT2D eigenvalue weighted by molar-refractivity contribution is 6.67. The van der Waals surface area contributed by atoms with E-state index in [1.165, 1.54) is 0 Å². The minimum Gasteiger partial charge on any atom is -0.274 e. The molecule has 0 amide bonds. The van der Waals surface area contributed by atoms with Crippen LogP contribution in [0.3, 0.4) is 0 Å². The van der Waals surface area contributed by atoms with Crippen LogP contribution >= 0.6 is 11.6 Å². The molecule has 0 atom stereocenters. The van der Waals surface area contributed by atoms with E-state index < -0.39 is 34.7 Å². The average Bonchev–Trinajstić information content (AvgIpc) is 2.08. The normalized spacial score (nSPS) is 10.7. The number of rotatable bonds is 2. The summed E-state index contributed by atoms with van der Waals surface area (Å²) in [5.74, 6) is -3.19. The summed E-state index contributed by atoms with van der Waals surface area (Å²) >= 11 is 4.85. The smallest absolute Gasteiger partial charge is 0.271 e. The molecule has 1 heterocycles. The summed E-state index contributed by atoms with van der Waals surface area (Å²) in [6, 6.07) is 0.197. The van der Waals surface area contributed by atoms with Crippen LogP contribution in [0.1, 0.15) is 22.5 Å². The summed E-state index contributed by atoms with van der Waals surface area (Å²) in [7, 11) is 0. The predicted octanol–water partition coefficient (Wildman–Crippen LogP) is 2.68. The lowest BCUT2D eigenvalue weighted by Gasteiger charge is -2.04. The van der Waals surface area contributed by atoms with Crippen molar-refractivity contribution in [1.82, 2.24) is 4.98 Å². The monoisotopic (exact) mass is 227 g/mol. The Balaban J connectivity index is 3.39. The molecule has 1 aromatic heterocycles. The Kier molecular flexibility index (Phi) is 3.05. The molecule has 0 saturated heterocycles. The maximum Gasteiger partial charge on any atom is 0.271 e. The zero-order valence-corrected chi connectivity index (χ0v) is 7.16. The third-order valence-electron chi connectivity index (χ3n) is 1.38. The number of halogens is 5. The summed E-state index contributed by atoms with van der Waals surface area (Å²) in [4.78, 5) is 13.2. The van der Waals surface area contributed by atoms with E-state index in [0.717, 1.165) is 0 Å². The minimum absolute atomic E-state index is 0.197. The molecule has 0 aliphatic carbocycles. The van der Waals surface area contributed by atoms with Gasteiger partial charge in [-0.2, -0.15) is 4.39 Å². The van der Waals surface area contributed by atoms with Gasteiger partial charge in [0.15, 0.2) is 5.82 Å². The van der Waals surface area contributed by atoms with Gasteiger partial charge in [-0.1, -0.05) is 0 Å². The number of pyridine rings is 1. The molecular weight excluding hydrogens is 226 g/mol. The molecular formula is C7H2ClF4NO. The van der Waals surface area contributed by atoms with E-state index in [0.29, 0.717) is 0 Å². The number of carbonyl (C=O) groups excluding carboxylic acids is 1. The Labute approximate surface area is 80.5 Å². The van der Waals surface area contributed by atoms with Gasteiger partial charge in [0, 0.05) is 0 Å². The molecule has 2 nitrogen and oxygen atoms in total. The molecule has 76 valence electrons. The van der Waals surface area contributed by atoms with Crippen molar-refractivity contribution in [2.45, 2.75) is 6.43 Å². The Hall–Kier alpha value is -1.17. The highest BCUT2D eigenvalue weighted by Gasteiger charge is 2.22. The second kappa shape index (κ2) is 3.91. The fourth-order valence-corrected chi connectivity index (χ4v) is 0.956. The zero-order chi connectivity index (χ0) is 10.9. The standard InChI is InChI=1S/C7H2ClF4NO/c8-5(14)4-2(6(10)11)1-3(9)7(12)13-4/h1,6H. The van der Waals surface area contributed by atoms with Crippen molar-refractivity contribution in [3.05, 3.63) is 29.1 Å². The number of carbonyl (C=O) groups is 1. The van der Waals surface area contributed by atoms with Crippen LogP contribution in [0.4, 0.5) is 17.6 Å². The number of alkyl halides is 2. The molecule has 1 rings (SSSR count). The lowest BCUT2D eigenvalue weighted by atomic mass is 10.2. The van der Waals surface area contributed by atoms with Crippen LogP contribution < -0.4 is 0 Å². The van der Waals surface area contributed by atoms with Crippen LogP contribution in [0.2, 0.25) is 0 Å². The highest BCUT2D eigenvalue weighted by Crippen LogP contribution is 2.24. The first-order valence-corrected chi connectivity index (χ1v) is 3.65. The second-order valence-corrected chi connectivity index (χ2v) is 2.62. The van der Waals surface area contributed by atoms with Gasteiger partial charge in [0.1, 0.15) is 5.69 Å². The summed E-state index contributed by atoms with van der Waals surface area (Å²) in [5, 5.41) is -1.36. The van der Waals surface area contributed by atoms with Crippen LogP contribution in [0.5, 0.6) is 0 Å². The van der Waals surface area contributed by atoms with Crippen LogP contribution in [-0.2, 0) is 0 Å². The van der Waals surface area contributed by atoms with Gasteiger partial charge < -0.3 is 0 Å². The molecule has 0 bridgehead atoms. The molecule has 0 aliphatic rings. The van der Waals surface area contributed by atoms with Crippen molar-refractivity contribution in [3.8, 4) is 0 Å². The van der Waals surface area contributed by atoms with Crippen molar-refractivity contribution in [2.24, 2.45) is 0 Å². The quantitative estimate of drug-likeness (QED) is 0.442. The Bertz CT molecular complexity index is 382. The van der Waals surface area contributed by atoms with Crippen molar-refractivity contribution >= 4 is 16.8 Å². The van der Waals surface area contributed by atoms with Crippen LogP contribution in [0.15, 0.2) is 6.07 Å². The van der Waals surface area contributed by atoms with E-state index >= 15 is 0 Å². The van der Waals surface area contributed by atoms with Crippen molar-refractivity contribution in [1.29, 1.82) is 0 Å². The molecule has 7 heteroatoms. The average molecular weight is 228 g/mol. The number of hydrogen-bond acceptors (Lipinski definition) is 2. The number of nitrogens with zero attached hydrogens (tertiary/aromatic N) is 1. The Morgan fingerprint density at radius 1 is 1.43 bits per heavy atom. The lowest BCUT2D eigenvalue weighted by molar-refractivity contribution is 0.105. The van der Waals surface area contributed by atoms with Gasteiger partial charge >= 0.3 is 0 Å². The maximum atomic E-state index is 12.5. The first kappa shape index (κ1) is 10.9. The summed E-state index contributed by atoms with van der Waals surface area (Å²) in [5.41, 5.74) is -2.00. The summed E-state index contributed by atoms with van der Waals surface area (Å²) in [6.07, 6.45) is -3.14. The first-order valence-electron chi connectivity index (χ1n) is 3.27. The van der Waals surface area contributed by atoms with E-state index in [9.17, 15) is 22.4 Å². The third-order valence-corrected chi connectivity index (χ3v) is 1.56. The largest absolute Gasteiger partial charge is 0.274 e. The predicted molar refractivity (Wildman–Crippen MR) is 39.3 cm³/mol. The molecule has 1 aromatic rings. The van der Waals surface area contributed by atoms with E-state index in [2.05, 4.69) is 4.98 Å².